The molecule has 0 saturated carbocycles. The van der Waals surface area contributed by atoms with E-state index in [1.807, 2.05) is 30.3 Å². The maximum Gasteiger partial charge on any atom is 0.0827 e. The zero-order chi connectivity index (χ0) is 9.68. The summed E-state index contributed by atoms with van der Waals surface area (Å²) in [4.78, 5) is 0. The van der Waals surface area contributed by atoms with E-state index in [1.54, 1.807) is 0 Å². The van der Waals surface area contributed by atoms with Crippen LogP contribution in [0.5, 0.6) is 0 Å². The molecule has 0 amide bonds. The summed E-state index contributed by atoms with van der Waals surface area (Å²) in [5.74, 6) is 0. The fraction of sp³-hybridized carbons (Fsp3) is 0.273. The molecule has 1 aromatic carbocycles. The normalized spacial score (nSPS) is 12.5. The molecule has 0 aromatic heterocycles. The number of aliphatic hydroxyl groups excluding tert-OH is 2. The van der Waals surface area contributed by atoms with Gasteiger partial charge >= 0.3 is 0 Å². The lowest BCUT2D eigenvalue weighted by Crippen LogP contribution is -2.00. The van der Waals surface area contributed by atoms with Crippen molar-refractivity contribution in [3.63, 3.8) is 0 Å². The Bertz CT molecular complexity index is 267. The average molecular weight is 178 g/mol. The van der Waals surface area contributed by atoms with E-state index < -0.39 is 6.10 Å². The lowest BCUT2D eigenvalue weighted by molar-refractivity contribution is 0.172. The highest BCUT2D eigenvalue weighted by Gasteiger charge is 2.07. The Morgan fingerprint density at radius 2 is 1.92 bits per heavy atom. The molecule has 1 atom stereocenters. The Hall–Kier alpha value is -1.12. The van der Waals surface area contributed by atoms with Crippen LogP contribution in [0.4, 0.5) is 0 Å². The first kappa shape index (κ1) is 9.96. The standard InChI is InChI=1S/C11H14O2/c1-9(8-12)7-11(13)10-5-3-2-4-6-10/h2-6,11-13H,1,7-8H2. The van der Waals surface area contributed by atoms with Crippen LogP contribution >= 0.6 is 0 Å². The zero-order valence-electron chi connectivity index (χ0n) is 7.48. The predicted molar refractivity (Wildman–Crippen MR) is 52.2 cm³/mol. The van der Waals surface area contributed by atoms with Gasteiger partial charge in [0.25, 0.3) is 0 Å². The molecule has 1 rings (SSSR count). The Kier molecular flexibility index (Phi) is 3.68. The van der Waals surface area contributed by atoms with Gasteiger partial charge in [0.05, 0.1) is 12.7 Å². The minimum Gasteiger partial charge on any atom is -0.392 e. The highest BCUT2D eigenvalue weighted by atomic mass is 16.3. The summed E-state index contributed by atoms with van der Waals surface area (Å²) in [5, 5.41) is 18.4. The van der Waals surface area contributed by atoms with Crippen molar-refractivity contribution in [1.29, 1.82) is 0 Å². The van der Waals surface area contributed by atoms with Gasteiger partial charge in [0.1, 0.15) is 0 Å². The largest absolute Gasteiger partial charge is 0.392 e. The summed E-state index contributed by atoms with van der Waals surface area (Å²) >= 11 is 0. The molecule has 0 radical (unpaired) electrons. The number of hydrogen-bond acceptors (Lipinski definition) is 2. The summed E-state index contributed by atoms with van der Waals surface area (Å²) < 4.78 is 0. The highest BCUT2D eigenvalue weighted by Crippen LogP contribution is 2.19. The molecule has 13 heavy (non-hydrogen) atoms. The second-order valence-corrected chi connectivity index (χ2v) is 3.04. The van der Waals surface area contributed by atoms with Crippen LogP contribution in [0.2, 0.25) is 0 Å². The number of rotatable bonds is 4. The fourth-order valence-corrected chi connectivity index (χ4v) is 1.13. The Labute approximate surface area is 78.2 Å². The molecule has 0 aliphatic rings. The van der Waals surface area contributed by atoms with Gasteiger partial charge in [-0.1, -0.05) is 36.9 Å². The molecule has 2 heteroatoms. The quantitative estimate of drug-likeness (QED) is 0.688. The molecule has 0 fully saturated rings. The van der Waals surface area contributed by atoms with Gasteiger partial charge in [-0.3, -0.25) is 0 Å². The van der Waals surface area contributed by atoms with Crippen LogP contribution < -0.4 is 0 Å². The lowest BCUT2D eigenvalue weighted by Gasteiger charge is -2.10. The van der Waals surface area contributed by atoms with Crippen molar-refractivity contribution in [2.24, 2.45) is 0 Å². The first-order valence-corrected chi connectivity index (χ1v) is 4.24. The smallest absolute Gasteiger partial charge is 0.0827 e. The van der Waals surface area contributed by atoms with Crippen LogP contribution in [0.3, 0.4) is 0 Å². The maximum absolute atomic E-state index is 9.65. The van der Waals surface area contributed by atoms with Crippen molar-refractivity contribution in [2.75, 3.05) is 6.61 Å². The van der Waals surface area contributed by atoms with Gasteiger partial charge in [0.2, 0.25) is 0 Å². The van der Waals surface area contributed by atoms with Gasteiger partial charge in [0, 0.05) is 6.42 Å². The Morgan fingerprint density at radius 3 is 2.46 bits per heavy atom. The second kappa shape index (κ2) is 4.80. The van der Waals surface area contributed by atoms with E-state index in [-0.39, 0.29) is 6.61 Å². The summed E-state index contributed by atoms with van der Waals surface area (Å²) in [5.41, 5.74) is 1.51. The van der Waals surface area contributed by atoms with Crippen molar-refractivity contribution in [3.05, 3.63) is 48.0 Å². The van der Waals surface area contributed by atoms with E-state index in [9.17, 15) is 5.11 Å². The molecule has 0 spiro atoms. The minimum atomic E-state index is -0.555. The van der Waals surface area contributed by atoms with Crippen LogP contribution in [0, 0.1) is 0 Å². The third kappa shape index (κ3) is 3.01. The SMILES string of the molecule is C=C(CO)CC(O)c1ccccc1. The Balaban J connectivity index is 2.59. The number of benzene rings is 1. The number of hydrogen-bond donors (Lipinski definition) is 2. The predicted octanol–water partition coefficient (Wildman–Crippen LogP) is 1.66. The topological polar surface area (TPSA) is 40.5 Å². The molecule has 0 bridgehead atoms. The third-order valence-electron chi connectivity index (χ3n) is 1.89. The van der Waals surface area contributed by atoms with Gasteiger partial charge in [-0.2, -0.15) is 0 Å². The van der Waals surface area contributed by atoms with Crippen molar-refractivity contribution < 1.29 is 10.2 Å². The van der Waals surface area contributed by atoms with Crippen LogP contribution in [0.15, 0.2) is 42.5 Å². The highest BCUT2D eigenvalue weighted by molar-refractivity contribution is 5.18. The van der Waals surface area contributed by atoms with E-state index in [0.29, 0.717) is 12.0 Å². The van der Waals surface area contributed by atoms with Crippen LogP contribution in [-0.4, -0.2) is 16.8 Å². The van der Waals surface area contributed by atoms with Crippen molar-refractivity contribution in [2.45, 2.75) is 12.5 Å². The molecule has 2 N–H and O–H groups in total. The van der Waals surface area contributed by atoms with E-state index in [1.165, 1.54) is 0 Å². The number of aliphatic hydroxyl groups is 2. The van der Waals surface area contributed by atoms with E-state index in [0.717, 1.165) is 5.56 Å². The van der Waals surface area contributed by atoms with E-state index in [4.69, 9.17) is 5.11 Å². The van der Waals surface area contributed by atoms with Crippen LogP contribution in [0.25, 0.3) is 0 Å². The van der Waals surface area contributed by atoms with Crippen LogP contribution in [-0.2, 0) is 0 Å². The first-order chi connectivity index (χ1) is 6.24. The molecule has 1 unspecified atom stereocenters. The monoisotopic (exact) mass is 178 g/mol. The molecular weight excluding hydrogens is 164 g/mol. The van der Waals surface area contributed by atoms with Crippen molar-refractivity contribution in [1.82, 2.24) is 0 Å². The van der Waals surface area contributed by atoms with Gasteiger partial charge in [-0.05, 0) is 11.1 Å². The van der Waals surface area contributed by atoms with E-state index in [2.05, 4.69) is 6.58 Å². The second-order valence-electron chi connectivity index (χ2n) is 3.04. The van der Waals surface area contributed by atoms with Crippen molar-refractivity contribution >= 4 is 0 Å². The van der Waals surface area contributed by atoms with E-state index >= 15 is 0 Å². The van der Waals surface area contributed by atoms with Gasteiger partial charge in [-0.15, -0.1) is 0 Å². The first-order valence-electron chi connectivity index (χ1n) is 4.24. The average Bonchev–Trinajstić information content (AvgIpc) is 2.19. The van der Waals surface area contributed by atoms with Gasteiger partial charge in [0.15, 0.2) is 0 Å². The van der Waals surface area contributed by atoms with Crippen molar-refractivity contribution in [3.8, 4) is 0 Å². The summed E-state index contributed by atoms with van der Waals surface area (Å²) in [7, 11) is 0. The maximum atomic E-state index is 9.65. The zero-order valence-corrected chi connectivity index (χ0v) is 7.48. The molecule has 2 nitrogen and oxygen atoms in total. The third-order valence-corrected chi connectivity index (χ3v) is 1.89. The summed E-state index contributed by atoms with van der Waals surface area (Å²) in [6, 6.07) is 9.36. The Morgan fingerprint density at radius 1 is 1.31 bits per heavy atom. The van der Waals surface area contributed by atoms with Gasteiger partial charge in [-0.25, -0.2) is 0 Å². The molecule has 0 heterocycles. The molecule has 1 aromatic rings. The molecule has 0 aliphatic heterocycles. The molecule has 0 aliphatic carbocycles. The van der Waals surface area contributed by atoms with Crippen LogP contribution in [0.1, 0.15) is 18.1 Å². The van der Waals surface area contributed by atoms with Gasteiger partial charge < -0.3 is 10.2 Å². The summed E-state index contributed by atoms with van der Waals surface area (Å²) in [6.45, 7) is 3.56. The lowest BCUT2D eigenvalue weighted by atomic mass is 10.0. The summed E-state index contributed by atoms with van der Waals surface area (Å²) in [6.07, 6.45) is -0.138. The molecule has 70 valence electrons. The fourth-order valence-electron chi connectivity index (χ4n) is 1.13. The minimum absolute atomic E-state index is 0.0656. The molecule has 0 saturated heterocycles. The molecular formula is C11H14O2.